The molecule has 0 aliphatic carbocycles. The average Bonchev–Trinajstić information content (AvgIpc) is 3.00. The van der Waals surface area contributed by atoms with E-state index in [1.807, 2.05) is 26.0 Å². The van der Waals surface area contributed by atoms with Gasteiger partial charge in [-0.2, -0.15) is 0 Å². The van der Waals surface area contributed by atoms with Crippen molar-refractivity contribution in [2.75, 3.05) is 6.61 Å². The van der Waals surface area contributed by atoms with Gasteiger partial charge in [-0.3, -0.25) is 14.2 Å². The third-order valence-corrected chi connectivity index (χ3v) is 6.40. The molecule has 2 aliphatic rings. The SMILES string of the molecule is CCOc1cc2c(cc1CNC(=O)c1ccc3c(=O)n4c(nc3c1)CCCCC4)OC(C)C2. The van der Waals surface area contributed by atoms with Crippen molar-refractivity contribution in [2.24, 2.45) is 0 Å². The second-order valence-electron chi connectivity index (χ2n) is 8.84. The van der Waals surface area contributed by atoms with Gasteiger partial charge in [0.15, 0.2) is 0 Å². The lowest BCUT2D eigenvalue weighted by molar-refractivity contribution is 0.0950. The number of nitrogens with zero attached hydrogens (tertiary/aromatic N) is 2. The molecule has 1 amide bonds. The number of hydrogen-bond acceptors (Lipinski definition) is 5. The van der Waals surface area contributed by atoms with Gasteiger partial charge in [-0.25, -0.2) is 4.98 Å². The fourth-order valence-corrected chi connectivity index (χ4v) is 4.75. The van der Waals surface area contributed by atoms with Gasteiger partial charge < -0.3 is 14.8 Å². The van der Waals surface area contributed by atoms with Crippen LogP contribution in [0.4, 0.5) is 0 Å². The maximum atomic E-state index is 13.0. The first-order valence-electron chi connectivity index (χ1n) is 11.8. The number of ether oxygens (including phenoxy) is 2. The van der Waals surface area contributed by atoms with E-state index >= 15 is 0 Å². The quantitative estimate of drug-likeness (QED) is 0.644. The van der Waals surface area contributed by atoms with Crippen LogP contribution in [0.25, 0.3) is 10.9 Å². The molecule has 3 heterocycles. The second kappa shape index (κ2) is 8.89. The number of benzene rings is 2. The number of aromatic nitrogens is 2. The molecule has 7 nitrogen and oxygen atoms in total. The van der Waals surface area contributed by atoms with Crippen LogP contribution < -0.4 is 20.3 Å². The normalized spacial score (nSPS) is 17.1. The van der Waals surface area contributed by atoms with Crippen LogP contribution in [0.1, 0.15) is 60.4 Å². The number of carbonyl (C=O) groups excluding carboxylic acids is 1. The van der Waals surface area contributed by atoms with E-state index in [9.17, 15) is 9.59 Å². The van der Waals surface area contributed by atoms with Gasteiger partial charge >= 0.3 is 0 Å². The Hall–Kier alpha value is -3.35. The Morgan fingerprint density at radius 3 is 2.97 bits per heavy atom. The Bertz CT molecular complexity index is 1280. The van der Waals surface area contributed by atoms with Gasteiger partial charge in [0.05, 0.1) is 17.5 Å². The van der Waals surface area contributed by atoms with E-state index in [0.29, 0.717) is 36.2 Å². The van der Waals surface area contributed by atoms with Crippen molar-refractivity contribution in [2.45, 2.75) is 65.1 Å². The van der Waals surface area contributed by atoms with E-state index < -0.39 is 0 Å². The van der Waals surface area contributed by atoms with Crippen molar-refractivity contribution >= 4 is 16.8 Å². The van der Waals surface area contributed by atoms with Crippen LogP contribution in [0, 0.1) is 0 Å². The van der Waals surface area contributed by atoms with Gasteiger partial charge in [0.1, 0.15) is 23.4 Å². The molecule has 1 aromatic heterocycles. The lowest BCUT2D eigenvalue weighted by atomic mass is 10.1. The minimum Gasteiger partial charge on any atom is -0.494 e. The van der Waals surface area contributed by atoms with Crippen molar-refractivity contribution < 1.29 is 14.3 Å². The molecule has 0 saturated carbocycles. The van der Waals surface area contributed by atoms with Crippen LogP contribution >= 0.6 is 0 Å². The first-order valence-corrected chi connectivity index (χ1v) is 11.8. The maximum absolute atomic E-state index is 13.0. The van der Waals surface area contributed by atoms with E-state index in [0.717, 1.165) is 60.6 Å². The lowest BCUT2D eigenvalue weighted by Gasteiger charge is -2.14. The summed E-state index contributed by atoms with van der Waals surface area (Å²) in [6, 6.07) is 9.11. The molecule has 2 aliphatic heterocycles. The van der Waals surface area contributed by atoms with E-state index in [1.165, 1.54) is 0 Å². The number of nitrogens with one attached hydrogen (secondary N) is 1. The molecule has 0 radical (unpaired) electrons. The number of fused-ring (bicyclic) bond motifs is 3. The second-order valence-corrected chi connectivity index (χ2v) is 8.84. The smallest absolute Gasteiger partial charge is 0.261 e. The fraction of sp³-hybridized carbons (Fsp3) is 0.423. The van der Waals surface area contributed by atoms with Gasteiger partial charge in [-0.05, 0) is 57.0 Å². The first-order chi connectivity index (χ1) is 16.0. The highest BCUT2D eigenvalue weighted by Crippen LogP contribution is 2.35. The average molecular weight is 448 g/mol. The van der Waals surface area contributed by atoms with Crippen LogP contribution in [0.3, 0.4) is 0 Å². The molecule has 2 aromatic carbocycles. The topological polar surface area (TPSA) is 82.5 Å². The Balaban J connectivity index is 1.39. The highest BCUT2D eigenvalue weighted by atomic mass is 16.5. The van der Waals surface area contributed by atoms with Crippen LogP contribution in [-0.2, 0) is 25.9 Å². The minimum atomic E-state index is -0.217. The van der Waals surface area contributed by atoms with E-state index in [2.05, 4.69) is 5.32 Å². The number of amides is 1. The van der Waals surface area contributed by atoms with Gasteiger partial charge in [-0.1, -0.05) is 6.42 Å². The summed E-state index contributed by atoms with van der Waals surface area (Å²) >= 11 is 0. The zero-order valence-corrected chi connectivity index (χ0v) is 19.1. The molecule has 0 fully saturated rings. The van der Waals surface area contributed by atoms with Gasteiger partial charge in [0.25, 0.3) is 11.5 Å². The van der Waals surface area contributed by atoms with E-state index in [1.54, 1.807) is 22.8 Å². The zero-order valence-electron chi connectivity index (χ0n) is 19.1. The Labute approximate surface area is 192 Å². The molecule has 1 unspecified atom stereocenters. The number of aryl methyl sites for hydroxylation is 1. The summed E-state index contributed by atoms with van der Waals surface area (Å²) in [5, 5.41) is 3.54. The first kappa shape index (κ1) is 21.5. The number of carbonyl (C=O) groups is 1. The number of rotatable bonds is 5. The van der Waals surface area contributed by atoms with E-state index in [4.69, 9.17) is 14.5 Å². The molecule has 33 heavy (non-hydrogen) atoms. The largest absolute Gasteiger partial charge is 0.494 e. The Morgan fingerprint density at radius 2 is 2.12 bits per heavy atom. The monoisotopic (exact) mass is 447 g/mol. The molecular formula is C26H29N3O4. The summed E-state index contributed by atoms with van der Waals surface area (Å²) in [4.78, 5) is 30.6. The summed E-state index contributed by atoms with van der Waals surface area (Å²) < 4.78 is 13.5. The summed E-state index contributed by atoms with van der Waals surface area (Å²) in [5.74, 6) is 2.22. The molecule has 7 heteroatoms. The summed E-state index contributed by atoms with van der Waals surface area (Å²) in [6.07, 6.45) is 4.92. The molecule has 5 rings (SSSR count). The Kier molecular flexibility index (Phi) is 5.79. The molecule has 172 valence electrons. The third kappa shape index (κ3) is 4.19. The van der Waals surface area contributed by atoms with Crippen molar-refractivity contribution in [1.29, 1.82) is 0 Å². The van der Waals surface area contributed by atoms with Crippen LogP contribution in [0.2, 0.25) is 0 Å². The molecule has 1 atom stereocenters. The molecule has 1 N–H and O–H groups in total. The minimum absolute atomic E-state index is 0.0161. The summed E-state index contributed by atoms with van der Waals surface area (Å²) in [5.41, 5.74) is 3.05. The van der Waals surface area contributed by atoms with Gasteiger partial charge in [0, 0.05) is 42.6 Å². The number of hydrogen-bond donors (Lipinski definition) is 1. The van der Waals surface area contributed by atoms with Gasteiger partial charge in [0.2, 0.25) is 0 Å². The highest BCUT2D eigenvalue weighted by Gasteiger charge is 2.22. The predicted octanol–water partition coefficient (Wildman–Crippen LogP) is 3.78. The predicted molar refractivity (Wildman–Crippen MR) is 126 cm³/mol. The van der Waals surface area contributed by atoms with Crippen molar-refractivity contribution in [3.63, 3.8) is 0 Å². The third-order valence-electron chi connectivity index (χ3n) is 6.40. The van der Waals surface area contributed by atoms with Crippen LogP contribution in [0.5, 0.6) is 11.5 Å². The molecule has 0 spiro atoms. The molecule has 0 saturated heterocycles. The Morgan fingerprint density at radius 1 is 1.24 bits per heavy atom. The van der Waals surface area contributed by atoms with Crippen molar-refractivity contribution in [1.82, 2.24) is 14.9 Å². The maximum Gasteiger partial charge on any atom is 0.261 e. The molecule has 3 aromatic rings. The molecule has 0 bridgehead atoms. The summed E-state index contributed by atoms with van der Waals surface area (Å²) in [6.45, 7) is 5.56. The highest BCUT2D eigenvalue weighted by molar-refractivity contribution is 5.97. The van der Waals surface area contributed by atoms with Crippen molar-refractivity contribution in [3.05, 3.63) is 63.2 Å². The fourth-order valence-electron chi connectivity index (χ4n) is 4.75. The van der Waals surface area contributed by atoms with Crippen molar-refractivity contribution in [3.8, 4) is 11.5 Å². The summed E-state index contributed by atoms with van der Waals surface area (Å²) in [7, 11) is 0. The van der Waals surface area contributed by atoms with Gasteiger partial charge in [-0.15, -0.1) is 0 Å². The standard InChI is InChI=1S/C26H29N3O4/c1-3-32-22-13-18-11-16(2)33-23(18)14-19(22)15-27-25(30)17-8-9-20-21(12-17)28-24-7-5-4-6-10-29(24)26(20)31/h8-9,12-14,16H,3-7,10-11,15H2,1-2H3,(H,27,30). The van der Waals surface area contributed by atoms with Crippen LogP contribution in [-0.4, -0.2) is 28.2 Å². The lowest BCUT2D eigenvalue weighted by Crippen LogP contribution is -2.26. The van der Waals surface area contributed by atoms with Crippen LogP contribution in [0.15, 0.2) is 35.1 Å². The molecular weight excluding hydrogens is 418 g/mol. The zero-order chi connectivity index (χ0) is 22.9. The van der Waals surface area contributed by atoms with E-state index in [-0.39, 0.29) is 17.6 Å².